The highest BCUT2D eigenvalue weighted by Crippen LogP contribution is 2.43. The van der Waals surface area contributed by atoms with E-state index in [0.29, 0.717) is 17.7 Å². The van der Waals surface area contributed by atoms with Crippen LogP contribution in [0.1, 0.15) is 11.1 Å². The van der Waals surface area contributed by atoms with Crippen LogP contribution in [0.5, 0.6) is 11.5 Å². The number of nitro groups is 1. The number of aliphatic carboxylic acids is 1. The number of amides is 1. The lowest BCUT2D eigenvalue weighted by atomic mass is 10.1. The monoisotopic (exact) mass is 640 g/mol. The normalized spacial score (nSPS) is 15.2. The fraction of sp³-hybridized carbons (Fsp3) is 0.105. The minimum Gasteiger partial charge on any atom is -0.480 e. The molecule has 0 saturated carbocycles. The van der Waals surface area contributed by atoms with Crippen molar-refractivity contribution >= 4 is 83.8 Å². The van der Waals surface area contributed by atoms with Crippen molar-refractivity contribution in [3.63, 3.8) is 0 Å². The van der Waals surface area contributed by atoms with E-state index >= 15 is 0 Å². The van der Waals surface area contributed by atoms with Crippen LogP contribution in [0.25, 0.3) is 6.08 Å². The smallest absolute Gasteiger partial charge is 0.416 e. The first-order chi connectivity index (χ1) is 15.8. The van der Waals surface area contributed by atoms with Crippen LogP contribution in [0.15, 0.2) is 44.2 Å². The number of halogens is 5. The number of carbonyl (C=O) groups excluding carboxylic acids is 1. The number of benzene rings is 2. The Bertz CT molecular complexity index is 1250. The number of rotatable bonds is 6. The summed E-state index contributed by atoms with van der Waals surface area (Å²) in [4.78, 5) is 34.8. The maximum atomic E-state index is 12.9. The van der Waals surface area contributed by atoms with Gasteiger partial charge in [-0.05, 0) is 67.8 Å². The van der Waals surface area contributed by atoms with Crippen molar-refractivity contribution in [1.82, 2.24) is 4.90 Å². The lowest BCUT2D eigenvalue weighted by molar-refractivity contribution is -0.385. The lowest BCUT2D eigenvalue weighted by Crippen LogP contribution is -2.33. The summed E-state index contributed by atoms with van der Waals surface area (Å²) in [5, 5.41) is 20.2. The van der Waals surface area contributed by atoms with Crippen molar-refractivity contribution < 1.29 is 37.5 Å². The molecule has 1 fully saturated rings. The Balaban J connectivity index is 1.93. The molecule has 15 heteroatoms. The fourth-order valence-corrected chi connectivity index (χ4v) is 5.35. The van der Waals surface area contributed by atoms with Crippen molar-refractivity contribution in [3.05, 3.63) is 65.4 Å². The van der Waals surface area contributed by atoms with Crippen LogP contribution in [0, 0.1) is 10.1 Å². The van der Waals surface area contributed by atoms with Crippen molar-refractivity contribution in [2.24, 2.45) is 0 Å². The van der Waals surface area contributed by atoms with Gasteiger partial charge in [-0.15, -0.1) is 0 Å². The average Bonchev–Trinajstić information content (AvgIpc) is 2.96. The number of hydrogen-bond acceptors (Lipinski definition) is 7. The number of thiocarbonyl (C=S) groups is 1. The van der Waals surface area contributed by atoms with Gasteiger partial charge in [0.25, 0.3) is 5.91 Å². The molecule has 2 aromatic rings. The van der Waals surface area contributed by atoms with E-state index in [1.807, 2.05) is 0 Å². The Kier molecular flexibility index (Phi) is 7.69. The van der Waals surface area contributed by atoms with E-state index in [9.17, 15) is 32.9 Å². The highest BCUT2D eigenvalue weighted by Gasteiger charge is 2.34. The molecule has 1 heterocycles. The summed E-state index contributed by atoms with van der Waals surface area (Å²) in [6, 6.07) is 4.89. The molecule has 0 atom stereocenters. The molecule has 0 aliphatic carbocycles. The number of carboxylic acids is 1. The number of alkyl halides is 3. The molecule has 0 radical (unpaired) electrons. The van der Waals surface area contributed by atoms with Gasteiger partial charge in [0.05, 0.1) is 24.3 Å². The van der Waals surface area contributed by atoms with Gasteiger partial charge in [-0.3, -0.25) is 24.6 Å². The number of hydrogen-bond donors (Lipinski definition) is 1. The van der Waals surface area contributed by atoms with Crippen molar-refractivity contribution in [2.75, 3.05) is 6.54 Å². The van der Waals surface area contributed by atoms with Crippen molar-refractivity contribution in [3.8, 4) is 11.5 Å². The first-order valence-corrected chi connectivity index (χ1v) is 11.6. The Labute approximate surface area is 215 Å². The summed E-state index contributed by atoms with van der Waals surface area (Å²) in [7, 11) is 0. The summed E-state index contributed by atoms with van der Waals surface area (Å²) in [6.45, 7) is -0.575. The van der Waals surface area contributed by atoms with Gasteiger partial charge in [-0.2, -0.15) is 13.2 Å². The standard InChI is InChI=1S/C19H9Br2F3N2O6S2/c20-10-3-8(5-14-17(29)25(7-15(27)28)18(33)34-14)4-11(21)16(10)32-13-2-1-9(19(22,23)24)6-12(13)26(30)31/h1-6H,7H2,(H,27,28). The minimum absolute atomic E-state index is 0.0402. The summed E-state index contributed by atoms with van der Waals surface area (Å²) >= 11 is 12.5. The van der Waals surface area contributed by atoms with Gasteiger partial charge in [0.1, 0.15) is 10.9 Å². The first kappa shape index (κ1) is 26.1. The molecule has 1 aliphatic heterocycles. The van der Waals surface area contributed by atoms with E-state index in [2.05, 4.69) is 31.9 Å². The average molecular weight is 642 g/mol. The van der Waals surface area contributed by atoms with Crippen LogP contribution in [0.3, 0.4) is 0 Å². The van der Waals surface area contributed by atoms with Gasteiger partial charge in [0.2, 0.25) is 5.75 Å². The van der Waals surface area contributed by atoms with Crippen LogP contribution < -0.4 is 4.74 Å². The van der Waals surface area contributed by atoms with E-state index in [-0.39, 0.29) is 23.9 Å². The highest BCUT2D eigenvalue weighted by atomic mass is 79.9. The molecule has 178 valence electrons. The number of nitro benzene ring substituents is 1. The number of thioether (sulfide) groups is 1. The molecule has 8 nitrogen and oxygen atoms in total. The largest absolute Gasteiger partial charge is 0.480 e. The topological polar surface area (TPSA) is 110 Å². The summed E-state index contributed by atoms with van der Waals surface area (Å²) in [5.41, 5.74) is -1.61. The second kappa shape index (κ2) is 10.0. The SMILES string of the molecule is O=C(O)CN1C(=O)C(=Cc2cc(Br)c(Oc3ccc(C(F)(F)F)cc3[N+](=O)[O-])c(Br)c2)SC1=S. The molecule has 1 aliphatic rings. The second-order valence-corrected chi connectivity index (χ2v) is 9.90. The summed E-state index contributed by atoms with van der Waals surface area (Å²) in [6.07, 6.45) is -3.31. The Morgan fingerprint density at radius 1 is 1.26 bits per heavy atom. The van der Waals surface area contributed by atoms with Crippen LogP contribution in [-0.2, 0) is 15.8 Å². The zero-order chi connectivity index (χ0) is 25.4. The summed E-state index contributed by atoms with van der Waals surface area (Å²) < 4.78 is 44.9. The van der Waals surface area contributed by atoms with Gasteiger partial charge < -0.3 is 9.84 Å². The van der Waals surface area contributed by atoms with Gasteiger partial charge in [-0.1, -0.05) is 24.0 Å². The third-order valence-electron chi connectivity index (χ3n) is 4.18. The first-order valence-electron chi connectivity index (χ1n) is 8.77. The van der Waals surface area contributed by atoms with Gasteiger partial charge in [0, 0.05) is 6.07 Å². The zero-order valence-corrected chi connectivity index (χ0v) is 21.1. The number of carboxylic acid groups (broad SMARTS) is 1. The van der Waals surface area contributed by atoms with Crippen molar-refractivity contribution in [1.29, 1.82) is 0 Å². The summed E-state index contributed by atoms with van der Waals surface area (Å²) in [5.74, 6) is -2.17. The molecule has 34 heavy (non-hydrogen) atoms. The van der Waals surface area contributed by atoms with Crippen LogP contribution in [0.2, 0.25) is 0 Å². The quantitative estimate of drug-likeness (QED) is 0.171. The number of nitrogens with zero attached hydrogens (tertiary/aromatic N) is 2. The van der Waals surface area contributed by atoms with Crippen LogP contribution >= 0.6 is 55.8 Å². The van der Waals surface area contributed by atoms with E-state index in [1.54, 1.807) is 0 Å². The molecule has 1 saturated heterocycles. The molecule has 0 unspecified atom stereocenters. The third kappa shape index (κ3) is 5.76. The third-order valence-corrected chi connectivity index (χ3v) is 6.74. The Morgan fingerprint density at radius 2 is 1.88 bits per heavy atom. The second-order valence-electron chi connectivity index (χ2n) is 6.51. The maximum absolute atomic E-state index is 12.9. The molecule has 3 rings (SSSR count). The number of ether oxygens (including phenoxy) is 1. The van der Waals surface area contributed by atoms with E-state index in [0.717, 1.165) is 22.7 Å². The Morgan fingerprint density at radius 3 is 2.41 bits per heavy atom. The fourth-order valence-electron chi connectivity index (χ4n) is 2.72. The molecular weight excluding hydrogens is 633 g/mol. The Hall–Kier alpha value is -2.49. The maximum Gasteiger partial charge on any atom is 0.416 e. The minimum atomic E-state index is -4.77. The predicted molar refractivity (Wildman–Crippen MR) is 128 cm³/mol. The molecular formula is C19H9Br2F3N2O6S2. The molecule has 2 aromatic carbocycles. The van der Waals surface area contributed by atoms with Gasteiger partial charge in [0.15, 0.2) is 5.75 Å². The van der Waals surface area contributed by atoms with E-state index in [4.69, 9.17) is 22.1 Å². The van der Waals surface area contributed by atoms with Crippen LogP contribution in [0.4, 0.5) is 18.9 Å². The van der Waals surface area contributed by atoms with E-state index in [1.165, 1.54) is 18.2 Å². The van der Waals surface area contributed by atoms with E-state index < -0.39 is 46.5 Å². The highest BCUT2D eigenvalue weighted by molar-refractivity contribution is 9.11. The molecule has 1 amide bonds. The molecule has 1 N–H and O–H groups in total. The number of carbonyl (C=O) groups is 2. The molecule has 0 aromatic heterocycles. The van der Waals surface area contributed by atoms with Gasteiger partial charge in [-0.25, -0.2) is 0 Å². The predicted octanol–water partition coefficient (Wildman–Crippen LogP) is 6.22. The molecule has 0 spiro atoms. The zero-order valence-electron chi connectivity index (χ0n) is 16.3. The van der Waals surface area contributed by atoms with Gasteiger partial charge >= 0.3 is 17.8 Å². The molecule has 0 bridgehead atoms. The van der Waals surface area contributed by atoms with Crippen molar-refractivity contribution in [2.45, 2.75) is 6.18 Å². The van der Waals surface area contributed by atoms with Crippen LogP contribution in [-0.4, -0.2) is 37.7 Å². The lowest BCUT2D eigenvalue weighted by Gasteiger charge is -2.13.